The van der Waals surface area contributed by atoms with Gasteiger partial charge in [-0.15, -0.1) is 0 Å². The zero-order chi connectivity index (χ0) is 14.0. The van der Waals surface area contributed by atoms with Crippen LogP contribution in [0.4, 0.5) is 13.2 Å². The maximum atomic E-state index is 12.5. The third kappa shape index (κ3) is 3.77. The summed E-state index contributed by atoms with van der Waals surface area (Å²) in [6.07, 6.45) is -1.53. The monoisotopic (exact) mass is 306 g/mol. The van der Waals surface area contributed by atoms with Gasteiger partial charge in [0.15, 0.2) is 5.16 Å². The van der Waals surface area contributed by atoms with Crippen molar-refractivity contribution in [3.8, 4) is 0 Å². The van der Waals surface area contributed by atoms with Crippen molar-refractivity contribution in [1.29, 1.82) is 0 Å². The molecule has 0 radical (unpaired) electrons. The molecule has 0 amide bonds. The lowest BCUT2D eigenvalue weighted by atomic mass is 10.4. The van der Waals surface area contributed by atoms with E-state index >= 15 is 0 Å². The summed E-state index contributed by atoms with van der Waals surface area (Å²) in [6.45, 7) is 1.80. The molecular weight excluding hydrogens is 301 g/mol. The molecule has 2 heterocycles. The normalized spacial score (nSPS) is 11.6. The number of aryl methyl sites for hydroxylation is 1. The number of hydrogen-bond acceptors (Lipinski definition) is 5. The van der Waals surface area contributed by atoms with Gasteiger partial charge in [-0.3, -0.25) is 0 Å². The minimum Gasteiger partial charge on any atom is -0.231 e. The summed E-state index contributed by atoms with van der Waals surface area (Å²) in [7, 11) is 0. The minimum absolute atomic E-state index is 0.0381. The highest BCUT2D eigenvalue weighted by Crippen LogP contribution is 2.30. The lowest BCUT2D eigenvalue weighted by molar-refractivity contribution is -0.145. The summed E-state index contributed by atoms with van der Waals surface area (Å²) in [6, 6.07) is 1.23. The van der Waals surface area contributed by atoms with Crippen LogP contribution in [-0.4, -0.2) is 19.9 Å². The van der Waals surface area contributed by atoms with Crippen LogP contribution in [0, 0.1) is 6.92 Å². The number of hydrogen-bond donors (Lipinski definition) is 0. The van der Waals surface area contributed by atoms with Crippen LogP contribution >= 0.6 is 23.4 Å². The molecule has 2 aromatic heterocycles. The van der Waals surface area contributed by atoms with Crippen molar-refractivity contribution in [2.45, 2.75) is 23.3 Å². The first kappa shape index (κ1) is 14.0. The first-order valence-electron chi connectivity index (χ1n) is 4.93. The second kappa shape index (κ2) is 5.30. The Bertz CT molecular complexity index is 588. The zero-order valence-electron chi connectivity index (χ0n) is 9.44. The Balaban J connectivity index is 2.30. The highest BCUT2D eigenvalue weighted by atomic mass is 35.5. The summed E-state index contributed by atoms with van der Waals surface area (Å²) in [5, 5.41) is 0.0432. The molecular formula is C10H6ClF3N4S. The van der Waals surface area contributed by atoms with E-state index in [0.717, 1.165) is 17.3 Å². The molecule has 0 fully saturated rings. The predicted octanol–water partition coefficient (Wildman–Crippen LogP) is 3.40. The molecule has 0 aliphatic heterocycles. The van der Waals surface area contributed by atoms with Crippen LogP contribution in [0.25, 0.3) is 0 Å². The molecule has 0 saturated heterocycles. The SMILES string of the molecule is Cc1cnc(Sc2cc(Cl)nc(C(F)(F)F)n2)nc1. The van der Waals surface area contributed by atoms with E-state index < -0.39 is 12.0 Å². The molecule has 2 aromatic rings. The van der Waals surface area contributed by atoms with E-state index in [1.54, 1.807) is 19.3 Å². The molecule has 0 saturated carbocycles. The van der Waals surface area contributed by atoms with Gasteiger partial charge in [-0.2, -0.15) is 13.2 Å². The van der Waals surface area contributed by atoms with Crippen molar-refractivity contribution in [3.63, 3.8) is 0 Å². The Hall–Kier alpha value is -1.41. The minimum atomic E-state index is -4.64. The van der Waals surface area contributed by atoms with Crippen molar-refractivity contribution >= 4 is 23.4 Å². The molecule has 0 N–H and O–H groups in total. The Kier molecular flexibility index (Phi) is 3.91. The maximum Gasteiger partial charge on any atom is 0.451 e. The van der Waals surface area contributed by atoms with Crippen molar-refractivity contribution in [2.75, 3.05) is 0 Å². The molecule has 0 aliphatic carbocycles. The Morgan fingerprint density at radius 3 is 2.37 bits per heavy atom. The van der Waals surface area contributed by atoms with Crippen LogP contribution in [0.3, 0.4) is 0 Å². The summed E-state index contributed by atoms with van der Waals surface area (Å²) in [4.78, 5) is 14.4. The quantitative estimate of drug-likeness (QED) is 0.629. The average Bonchev–Trinajstić information content (AvgIpc) is 2.30. The average molecular weight is 307 g/mol. The summed E-state index contributed by atoms with van der Waals surface area (Å²) in [5.41, 5.74) is 0.848. The van der Waals surface area contributed by atoms with Crippen LogP contribution < -0.4 is 0 Å². The van der Waals surface area contributed by atoms with Crippen molar-refractivity contribution in [1.82, 2.24) is 19.9 Å². The molecule has 4 nitrogen and oxygen atoms in total. The number of rotatable bonds is 2. The lowest BCUT2D eigenvalue weighted by Gasteiger charge is -2.06. The number of alkyl halides is 3. The lowest BCUT2D eigenvalue weighted by Crippen LogP contribution is -2.11. The summed E-state index contributed by atoms with van der Waals surface area (Å²) >= 11 is 6.43. The fourth-order valence-corrected chi connectivity index (χ4v) is 2.05. The van der Waals surface area contributed by atoms with Gasteiger partial charge in [-0.1, -0.05) is 11.6 Å². The Morgan fingerprint density at radius 1 is 1.16 bits per heavy atom. The van der Waals surface area contributed by atoms with Crippen LogP contribution in [0.2, 0.25) is 5.15 Å². The van der Waals surface area contributed by atoms with Gasteiger partial charge in [-0.05, 0) is 24.2 Å². The van der Waals surface area contributed by atoms with E-state index in [-0.39, 0.29) is 15.3 Å². The van der Waals surface area contributed by atoms with Crippen molar-refractivity contribution in [3.05, 3.63) is 35.0 Å². The molecule has 9 heteroatoms. The molecule has 0 aliphatic rings. The summed E-state index contributed by atoms with van der Waals surface area (Å²) in [5.74, 6) is -1.28. The van der Waals surface area contributed by atoms with Gasteiger partial charge in [0.25, 0.3) is 0 Å². The van der Waals surface area contributed by atoms with Gasteiger partial charge in [-0.25, -0.2) is 19.9 Å². The Labute approximate surface area is 115 Å². The molecule has 0 unspecified atom stereocenters. The van der Waals surface area contributed by atoms with Crippen LogP contribution in [-0.2, 0) is 6.18 Å². The molecule has 0 bridgehead atoms. The standard InChI is InChI=1S/C10H6ClF3N4S/c1-5-3-15-9(16-4-5)19-7-2-6(11)17-8(18-7)10(12,13)14/h2-4H,1H3. The molecule has 2 rings (SSSR count). The summed E-state index contributed by atoms with van der Waals surface area (Å²) < 4.78 is 37.5. The number of aromatic nitrogens is 4. The molecule has 19 heavy (non-hydrogen) atoms. The first-order valence-corrected chi connectivity index (χ1v) is 6.12. The second-order valence-electron chi connectivity index (χ2n) is 3.50. The van der Waals surface area contributed by atoms with E-state index in [1.165, 1.54) is 6.07 Å². The van der Waals surface area contributed by atoms with Crippen LogP contribution in [0.15, 0.2) is 28.6 Å². The van der Waals surface area contributed by atoms with Crippen LogP contribution in [0.1, 0.15) is 11.4 Å². The highest BCUT2D eigenvalue weighted by Gasteiger charge is 2.35. The van der Waals surface area contributed by atoms with Gasteiger partial charge in [0.05, 0.1) is 0 Å². The zero-order valence-corrected chi connectivity index (χ0v) is 11.0. The number of nitrogens with zero attached hydrogens (tertiary/aromatic N) is 4. The number of halogens is 4. The molecule has 100 valence electrons. The predicted molar refractivity (Wildman–Crippen MR) is 62.9 cm³/mol. The van der Waals surface area contributed by atoms with Crippen LogP contribution in [0.5, 0.6) is 0 Å². The molecule has 0 spiro atoms. The fourth-order valence-electron chi connectivity index (χ4n) is 1.10. The fraction of sp³-hybridized carbons (Fsp3) is 0.200. The van der Waals surface area contributed by atoms with Crippen molar-refractivity contribution in [2.24, 2.45) is 0 Å². The van der Waals surface area contributed by atoms with E-state index in [4.69, 9.17) is 11.6 Å². The van der Waals surface area contributed by atoms with E-state index in [2.05, 4.69) is 19.9 Å². The Morgan fingerprint density at radius 2 is 1.79 bits per heavy atom. The molecule has 0 atom stereocenters. The smallest absolute Gasteiger partial charge is 0.231 e. The molecule has 0 aromatic carbocycles. The van der Waals surface area contributed by atoms with Gasteiger partial charge >= 0.3 is 6.18 Å². The van der Waals surface area contributed by atoms with E-state index in [1.807, 2.05) is 0 Å². The first-order chi connectivity index (χ1) is 8.84. The van der Waals surface area contributed by atoms with Gasteiger partial charge in [0.1, 0.15) is 10.2 Å². The maximum absolute atomic E-state index is 12.5. The van der Waals surface area contributed by atoms with Crippen molar-refractivity contribution < 1.29 is 13.2 Å². The second-order valence-corrected chi connectivity index (χ2v) is 4.87. The van der Waals surface area contributed by atoms with E-state index in [9.17, 15) is 13.2 Å². The van der Waals surface area contributed by atoms with E-state index in [0.29, 0.717) is 0 Å². The third-order valence-electron chi connectivity index (χ3n) is 1.88. The third-order valence-corrected chi connectivity index (χ3v) is 2.88. The van der Waals surface area contributed by atoms with Gasteiger partial charge in [0, 0.05) is 18.5 Å². The topological polar surface area (TPSA) is 51.6 Å². The van der Waals surface area contributed by atoms with Gasteiger partial charge in [0.2, 0.25) is 5.82 Å². The highest BCUT2D eigenvalue weighted by molar-refractivity contribution is 7.99. The van der Waals surface area contributed by atoms with Gasteiger partial charge < -0.3 is 0 Å². The largest absolute Gasteiger partial charge is 0.451 e.